The second-order valence-corrected chi connectivity index (χ2v) is 8.19. The minimum absolute atomic E-state index is 0.117. The van der Waals surface area contributed by atoms with Crippen LogP contribution in [0.4, 0.5) is 0 Å². The number of para-hydroxylation sites is 1. The molecule has 4 nitrogen and oxygen atoms in total. The van der Waals surface area contributed by atoms with Gasteiger partial charge in [-0.25, -0.2) is 4.98 Å². The van der Waals surface area contributed by atoms with Crippen molar-refractivity contribution in [1.29, 1.82) is 0 Å². The van der Waals surface area contributed by atoms with Gasteiger partial charge in [-0.2, -0.15) is 0 Å². The highest BCUT2D eigenvalue weighted by Gasteiger charge is 2.43. The van der Waals surface area contributed by atoms with Gasteiger partial charge in [-0.05, 0) is 45.7 Å². The van der Waals surface area contributed by atoms with Gasteiger partial charge in [0, 0.05) is 36.3 Å². The Kier molecular flexibility index (Phi) is 3.67. The van der Waals surface area contributed by atoms with Crippen LogP contribution in [-0.2, 0) is 18.2 Å². The molecule has 1 fully saturated rings. The van der Waals surface area contributed by atoms with E-state index in [1.807, 2.05) is 19.9 Å². The Morgan fingerprint density at radius 1 is 1.32 bits per heavy atom. The van der Waals surface area contributed by atoms with Crippen molar-refractivity contribution in [3.8, 4) is 11.3 Å². The third kappa shape index (κ3) is 2.83. The van der Waals surface area contributed by atoms with E-state index in [2.05, 4.69) is 49.0 Å². The van der Waals surface area contributed by atoms with E-state index in [9.17, 15) is 5.11 Å². The van der Waals surface area contributed by atoms with Crippen LogP contribution in [0.2, 0.25) is 0 Å². The normalized spacial score (nSPS) is 24.4. The number of nitrogens with zero attached hydrogens (tertiary/aromatic N) is 2. The molecule has 4 heteroatoms. The van der Waals surface area contributed by atoms with E-state index in [1.165, 1.54) is 16.6 Å². The molecule has 25 heavy (non-hydrogen) atoms. The third-order valence-corrected chi connectivity index (χ3v) is 5.54. The van der Waals surface area contributed by atoms with Crippen LogP contribution in [0.3, 0.4) is 0 Å². The van der Waals surface area contributed by atoms with Crippen LogP contribution in [0.15, 0.2) is 36.5 Å². The van der Waals surface area contributed by atoms with Crippen LogP contribution in [0.5, 0.6) is 0 Å². The van der Waals surface area contributed by atoms with Crippen molar-refractivity contribution in [2.45, 2.75) is 57.3 Å². The van der Waals surface area contributed by atoms with Crippen molar-refractivity contribution in [1.82, 2.24) is 9.55 Å². The monoisotopic (exact) mass is 338 g/mol. The van der Waals surface area contributed by atoms with Crippen LogP contribution in [0.25, 0.3) is 22.2 Å². The standard InChI is InChI=1S/C21H26N2O2/c1-20(2,24)18-9-11-21(3,25-18)13-17-19-15(10-12-23(17)4)14-7-5-6-8-16(14)22-19/h5-8,10,12,18,24H,9,11,13H2,1-4H3/t18-,21-/m1/s1. The second-order valence-electron chi connectivity index (χ2n) is 8.19. The average Bonchev–Trinajstić information content (AvgIpc) is 3.11. The first-order valence-electron chi connectivity index (χ1n) is 9.00. The topological polar surface area (TPSA) is 47.3 Å². The molecule has 0 unspecified atom stereocenters. The van der Waals surface area contributed by atoms with Crippen molar-refractivity contribution in [2.75, 3.05) is 0 Å². The van der Waals surface area contributed by atoms with E-state index in [4.69, 9.17) is 9.72 Å². The maximum Gasteiger partial charge on any atom is 0.0912 e. The van der Waals surface area contributed by atoms with Gasteiger partial charge in [0.25, 0.3) is 0 Å². The Morgan fingerprint density at radius 2 is 2.08 bits per heavy atom. The number of hydrogen-bond donors (Lipinski definition) is 1. The summed E-state index contributed by atoms with van der Waals surface area (Å²) in [4.78, 5) is 4.89. The Labute approximate surface area is 148 Å². The van der Waals surface area contributed by atoms with Crippen molar-refractivity contribution >= 4 is 10.9 Å². The number of rotatable bonds is 3. The van der Waals surface area contributed by atoms with Gasteiger partial charge in [0.2, 0.25) is 0 Å². The zero-order valence-corrected chi connectivity index (χ0v) is 15.4. The molecule has 1 aromatic carbocycles. The van der Waals surface area contributed by atoms with E-state index in [0.29, 0.717) is 0 Å². The van der Waals surface area contributed by atoms with Crippen molar-refractivity contribution in [3.63, 3.8) is 0 Å². The molecule has 3 aliphatic heterocycles. The second kappa shape index (κ2) is 5.55. The first kappa shape index (κ1) is 16.6. The molecule has 0 aliphatic carbocycles. The molecule has 3 heterocycles. The van der Waals surface area contributed by atoms with E-state index in [-0.39, 0.29) is 11.7 Å². The molecule has 0 radical (unpaired) electrons. The van der Waals surface area contributed by atoms with Crippen LogP contribution in [-0.4, -0.2) is 32.0 Å². The fraction of sp³-hybridized carbons (Fsp3) is 0.476. The minimum atomic E-state index is -0.806. The first-order valence-corrected chi connectivity index (χ1v) is 9.00. The number of aryl methyl sites for hydroxylation is 1. The molecule has 0 aromatic heterocycles. The lowest BCUT2D eigenvalue weighted by molar-refractivity contribution is -0.115. The van der Waals surface area contributed by atoms with Crippen LogP contribution < -0.4 is 0 Å². The molecule has 1 saturated heterocycles. The summed E-state index contributed by atoms with van der Waals surface area (Å²) in [6.07, 6.45) is 4.61. The molecular weight excluding hydrogens is 312 g/mol. The number of aromatic nitrogens is 2. The summed E-state index contributed by atoms with van der Waals surface area (Å²) in [5, 5.41) is 11.5. The fourth-order valence-corrected chi connectivity index (χ4v) is 4.03. The van der Waals surface area contributed by atoms with Gasteiger partial charge >= 0.3 is 0 Å². The maximum atomic E-state index is 10.3. The van der Waals surface area contributed by atoms with Crippen molar-refractivity contribution < 1.29 is 9.84 Å². The summed E-state index contributed by atoms with van der Waals surface area (Å²) in [6.45, 7) is 5.81. The Balaban J connectivity index is 1.72. The van der Waals surface area contributed by atoms with Crippen LogP contribution >= 0.6 is 0 Å². The summed E-state index contributed by atoms with van der Waals surface area (Å²) >= 11 is 0. The zero-order valence-electron chi connectivity index (χ0n) is 15.4. The predicted octanol–water partition coefficient (Wildman–Crippen LogP) is 3.93. The Bertz CT molecular complexity index is 893. The van der Waals surface area contributed by atoms with Crippen LogP contribution in [0.1, 0.15) is 39.3 Å². The molecule has 2 atom stereocenters. The largest absolute Gasteiger partial charge is 0.388 e. The van der Waals surface area contributed by atoms with Gasteiger partial charge in [0.1, 0.15) is 0 Å². The average molecular weight is 338 g/mol. The van der Waals surface area contributed by atoms with Gasteiger partial charge in [-0.1, -0.05) is 18.2 Å². The Hall–Kier alpha value is -1.91. The van der Waals surface area contributed by atoms with Gasteiger partial charge in [-0.15, -0.1) is 0 Å². The number of aliphatic hydroxyl groups is 1. The number of fused-ring (bicyclic) bond motifs is 3. The first-order chi connectivity index (χ1) is 11.8. The molecule has 1 N–H and O–H groups in total. The number of ether oxygens (including phenoxy) is 1. The summed E-state index contributed by atoms with van der Waals surface area (Å²) in [5.74, 6) is 0. The third-order valence-electron chi connectivity index (χ3n) is 5.54. The predicted molar refractivity (Wildman–Crippen MR) is 99.8 cm³/mol. The van der Waals surface area contributed by atoms with Crippen molar-refractivity contribution in [2.24, 2.45) is 7.05 Å². The lowest BCUT2D eigenvalue weighted by Crippen LogP contribution is -2.39. The lowest BCUT2D eigenvalue weighted by Gasteiger charge is -2.31. The van der Waals surface area contributed by atoms with Gasteiger partial charge < -0.3 is 14.4 Å². The summed E-state index contributed by atoms with van der Waals surface area (Å²) in [7, 11) is 2.07. The number of benzene rings is 1. The van der Waals surface area contributed by atoms with Gasteiger partial charge in [-0.3, -0.25) is 0 Å². The van der Waals surface area contributed by atoms with E-state index < -0.39 is 5.60 Å². The maximum absolute atomic E-state index is 10.3. The SMILES string of the molecule is Cn1ccc2c3ccccc3nc-2c1C[C@@]1(C)CC[C@H](C(C)(C)O)O1. The highest BCUT2D eigenvalue weighted by molar-refractivity contribution is 5.97. The molecule has 0 spiro atoms. The molecular formula is C21H26N2O2. The summed E-state index contributed by atoms with van der Waals surface area (Å²) in [6, 6.07) is 10.4. The van der Waals surface area contributed by atoms with E-state index in [1.54, 1.807) is 0 Å². The van der Waals surface area contributed by atoms with Gasteiger partial charge in [0.05, 0.1) is 28.5 Å². The molecule has 0 saturated carbocycles. The van der Waals surface area contributed by atoms with E-state index in [0.717, 1.165) is 30.5 Å². The lowest BCUT2D eigenvalue weighted by atomic mass is 9.92. The minimum Gasteiger partial charge on any atom is -0.388 e. The summed E-state index contributed by atoms with van der Waals surface area (Å²) < 4.78 is 8.46. The molecule has 0 bridgehead atoms. The number of hydrogen-bond acceptors (Lipinski definition) is 3. The highest BCUT2D eigenvalue weighted by Crippen LogP contribution is 2.40. The molecule has 3 aliphatic rings. The van der Waals surface area contributed by atoms with Gasteiger partial charge in [0.15, 0.2) is 0 Å². The number of pyridine rings is 1. The van der Waals surface area contributed by atoms with Crippen LogP contribution in [0, 0.1) is 0 Å². The molecule has 4 rings (SSSR count). The van der Waals surface area contributed by atoms with Crippen molar-refractivity contribution in [3.05, 3.63) is 42.2 Å². The molecule has 1 aromatic rings. The quantitative estimate of drug-likeness (QED) is 0.787. The summed E-state index contributed by atoms with van der Waals surface area (Å²) in [5.41, 5.74) is 3.40. The fourth-order valence-electron chi connectivity index (χ4n) is 4.03. The Morgan fingerprint density at radius 3 is 2.80 bits per heavy atom. The zero-order chi connectivity index (χ0) is 17.8. The van der Waals surface area contributed by atoms with E-state index >= 15 is 0 Å². The smallest absolute Gasteiger partial charge is 0.0912 e. The molecule has 0 amide bonds. The molecule has 132 valence electrons. The highest BCUT2D eigenvalue weighted by atomic mass is 16.5.